The standard InChI is InChI=1S/C14H20O2/c1-11-3-2-4-13(9-11)14(15)10-12-5-7-16-8-6-12/h2-4,9,12,14-15H,5-8,10H2,1H3. The minimum atomic E-state index is -0.317. The topological polar surface area (TPSA) is 29.5 Å². The van der Waals surface area contributed by atoms with Crippen LogP contribution >= 0.6 is 0 Å². The molecule has 88 valence electrons. The summed E-state index contributed by atoms with van der Waals surface area (Å²) in [7, 11) is 0. The fourth-order valence-corrected chi connectivity index (χ4v) is 2.31. The summed E-state index contributed by atoms with van der Waals surface area (Å²) in [5, 5.41) is 10.2. The second-order valence-corrected chi connectivity index (χ2v) is 4.72. The van der Waals surface area contributed by atoms with Crippen LogP contribution in [-0.2, 0) is 4.74 Å². The monoisotopic (exact) mass is 220 g/mol. The fourth-order valence-electron chi connectivity index (χ4n) is 2.31. The molecule has 16 heavy (non-hydrogen) atoms. The minimum absolute atomic E-state index is 0.317. The molecule has 0 bridgehead atoms. The van der Waals surface area contributed by atoms with Crippen LogP contribution < -0.4 is 0 Å². The van der Waals surface area contributed by atoms with Crippen molar-refractivity contribution in [2.45, 2.75) is 32.3 Å². The third-order valence-corrected chi connectivity index (χ3v) is 3.32. The number of hydrogen-bond donors (Lipinski definition) is 1. The van der Waals surface area contributed by atoms with Crippen LogP contribution in [0.5, 0.6) is 0 Å². The van der Waals surface area contributed by atoms with Gasteiger partial charge < -0.3 is 9.84 Å². The molecule has 1 aliphatic heterocycles. The number of aliphatic hydroxyl groups excluding tert-OH is 1. The number of ether oxygens (including phenoxy) is 1. The number of rotatable bonds is 3. The van der Waals surface area contributed by atoms with Crippen molar-refractivity contribution in [1.29, 1.82) is 0 Å². The van der Waals surface area contributed by atoms with Gasteiger partial charge in [0, 0.05) is 13.2 Å². The predicted molar refractivity (Wildman–Crippen MR) is 64.3 cm³/mol. The third kappa shape index (κ3) is 3.06. The molecule has 1 atom stereocenters. The molecule has 1 aliphatic rings. The highest BCUT2D eigenvalue weighted by molar-refractivity contribution is 5.24. The van der Waals surface area contributed by atoms with Crippen LogP contribution in [-0.4, -0.2) is 18.3 Å². The largest absolute Gasteiger partial charge is 0.388 e. The van der Waals surface area contributed by atoms with Crippen LogP contribution in [0.4, 0.5) is 0 Å². The first-order valence-electron chi connectivity index (χ1n) is 6.08. The average molecular weight is 220 g/mol. The predicted octanol–water partition coefficient (Wildman–Crippen LogP) is 2.85. The molecule has 1 N–H and O–H groups in total. The Kier molecular flexibility index (Phi) is 3.97. The minimum Gasteiger partial charge on any atom is -0.388 e. The molecule has 1 aromatic carbocycles. The van der Waals surface area contributed by atoms with Gasteiger partial charge in [-0.1, -0.05) is 29.8 Å². The molecule has 0 radical (unpaired) electrons. The van der Waals surface area contributed by atoms with E-state index in [1.165, 1.54) is 5.56 Å². The van der Waals surface area contributed by atoms with E-state index in [1.54, 1.807) is 0 Å². The van der Waals surface area contributed by atoms with E-state index in [1.807, 2.05) is 12.1 Å². The van der Waals surface area contributed by atoms with Crippen LogP contribution in [0.1, 0.15) is 36.5 Å². The highest BCUT2D eigenvalue weighted by atomic mass is 16.5. The van der Waals surface area contributed by atoms with Gasteiger partial charge in [0.25, 0.3) is 0 Å². The number of hydrogen-bond acceptors (Lipinski definition) is 2. The maximum atomic E-state index is 10.2. The molecule has 1 fully saturated rings. The first kappa shape index (κ1) is 11.6. The van der Waals surface area contributed by atoms with Gasteiger partial charge >= 0.3 is 0 Å². The summed E-state index contributed by atoms with van der Waals surface area (Å²) >= 11 is 0. The summed E-state index contributed by atoms with van der Waals surface area (Å²) in [4.78, 5) is 0. The van der Waals surface area contributed by atoms with E-state index < -0.39 is 0 Å². The molecular weight excluding hydrogens is 200 g/mol. The Morgan fingerprint density at radius 2 is 2.12 bits per heavy atom. The third-order valence-electron chi connectivity index (χ3n) is 3.32. The quantitative estimate of drug-likeness (QED) is 0.848. The normalized spacial score (nSPS) is 19.6. The second-order valence-electron chi connectivity index (χ2n) is 4.72. The Labute approximate surface area is 97.3 Å². The molecule has 2 heteroatoms. The Balaban J connectivity index is 1.94. The number of benzene rings is 1. The zero-order chi connectivity index (χ0) is 11.4. The summed E-state index contributed by atoms with van der Waals surface area (Å²) in [5.74, 6) is 0.615. The molecule has 0 aliphatic carbocycles. The van der Waals surface area contributed by atoms with E-state index in [9.17, 15) is 5.11 Å². The van der Waals surface area contributed by atoms with E-state index >= 15 is 0 Å². The Morgan fingerprint density at radius 1 is 1.38 bits per heavy atom. The molecule has 2 rings (SSSR count). The lowest BCUT2D eigenvalue weighted by Gasteiger charge is -2.24. The Hall–Kier alpha value is -0.860. The van der Waals surface area contributed by atoms with E-state index in [0.29, 0.717) is 5.92 Å². The summed E-state index contributed by atoms with van der Waals surface area (Å²) in [6.07, 6.45) is 2.72. The van der Waals surface area contributed by atoms with E-state index in [2.05, 4.69) is 19.1 Å². The van der Waals surface area contributed by atoms with Gasteiger partial charge in [0.05, 0.1) is 6.10 Å². The molecule has 1 saturated heterocycles. The van der Waals surface area contributed by atoms with Crippen LogP contribution in [0.2, 0.25) is 0 Å². The molecule has 0 spiro atoms. The molecule has 2 nitrogen and oxygen atoms in total. The van der Waals surface area contributed by atoms with Crippen molar-refractivity contribution < 1.29 is 9.84 Å². The lowest BCUT2D eigenvalue weighted by Crippen LogP contribution is -2.18. The summed E-state index contributed by atoms with van der Waals surface area (Å²) in [5.41, 5.74) is 2.26. The molecule has 1 unspecified atom stereocenters. The van der Waals surface area contributed by atoms with Gasteiger partial charge in [0.15, 0.2) is 0 Å². The van der Waals surface area contributed by atoms with Gasteiger partial charge in [0.2, 0.25) is 0 Å². The van der Waals surface area contributed by atoms with Gasteiger partial charge in [-0.25, -0.2) is 0 Å². The van der Waals surface area contributed by atoms with Gasteiger partial charge in [-0.05, 0) is 37.7 Å². The molecule has 1 heterocycles. The zero-order valence-corrected chi connectivity index (χ0v) is 9.86. The van der Waals surface area contributed by atoms with Crippen LogP contribution in [0.15, 0.2) is 24.3 Å². The zero-order valence-electron chi connectivity index (χ0n) is 9.86. The maximum Gasteiger partial charge on any atom is 0.0792 e. The highest BCUT2D eigenvalue weighted by Gasteiger charge is 2.18. The molecular formula is C14H20O2. The maximum absolute atomic E-state index is 10.2. The van der Waals surface area contributed by atoms with Crippen LogP contribution in [0.25, 0.3) is 0 Å². The number of aryl methyl sites for hydroxylation is 1. The highest BCUT2D eigenvalue weighted by Crippen LogP contribution is 2.27. The van der Waals surface area contributed by atoms with E-state index in [4.69, 9.17) is 4.74 Å². The van der Waals surface area contributed by atoms with E-state index in [0.717, 1.165) is 38.0 Å². The lowest BCUT2D eigenvalue weighted by atomic mass is 9.91. The molecule has 0 aromatic heterocycles. The molecule has 0 saturated carbocycles. The van der Waals surface area contributed by atoms with Crippen molar-refractivity contribution in [3.8, 4) is 0 Å². The van der Waals surface area contributed by atoms with E-state index in [-0.39, 0.29) is 6.10 Å². The first-order valence-corrected chi connectivity index (χ1v) is 6.08. The second kappa shape index (κ2) is 5.46. The Morgan fingerprint density at radius 3 is 2.81 bits per heavy atom. The van der Waals surface area contributed by atoms with Gasteiger partial charge in [0.1, 0.15) is 0 Å². The van der Waals surface area contributed by atoms with Crippen molar-refractivity contribution in [2.75, 3.05) is 13.2 Å². The van der Waals surface area contributed by atoms with Crippen LogP contribution in [0, 0.1) is 12.8 Å². The Bertz CT molecular complexity index is 329. The summed E-state index contributed by atoms with van der Waals surface area (Å²) in [6.45, 7) is 3.76. The van der Waals surface area contributed by atoms with Crippen molar-refractivity contribution in [3.63, 3.8) is 0 Å². The van der Waals surface area contributed by atoms with Crippen molar-refractivity contribution in [1.82, 2.24) is 0 Å². The fraction of sp³-hybridized carbons (Fsp3) is 0.571. The van der Waals surface area contributed by atoms with Crippen molar-refractivity contribution in [2.24, 2.45) is 5.92 Å². The van der Waals surface area contributed by atoms with Crippen LogP contribution in [0.3, 0.4) is 0 Å². The van der Waals surface area contributed by atoms with Gasteiger partial charge in [-0.2, -0.15) is 0 Å². The first-order chi connectivity index (χ1) is 7.75. The molecule has 0 amide bonds. The SMILES string of the molecule is Cc1cccc(C(O)CC2CCOCC2)c1. The smallest absolute Gasteiger partial charge is 0.0792 e. The summed E-state index contributed by atoms with van der Waals surface area (Å²) in [6, 6.07) is 8.16. The average Bonchev–Trinajstić information content (AvgIpc) is 2.30. The lowest BCUT2D eigenvalue weighted by molar-refractivity contribution is 0.0435. The van der Waals surface area contributed by atoms with Crippen molar-refractivity contribution >= 4 is 0 Å². The molecule has 1 aromatic rings. The summed E-state index contributed by atoms with van der Waals surface area (Å²) < 4.78 is 5.32. The van der Waals surface area contributed by atoms with Crippen molar-refractivity contribution in [3.05, 3.63) is 35.4 Å². The number of aliphatic hydroxyl groups is 1. The van der Waals surface area contributed by atoms with Gasteiger partial charge in [-0.3, -0.25) is 0 Å². The van der Waals surface area contributed by atoms with Gasteiger partial charge in [-0.15, -0.1) is 0 Å².